The van der Waals surface area contributed by atoms with E-state index < -0.39 is 0 Å². The van der Waals surface area contributed by atoms with E-state index >= 15 is 0 Å². The van der Waals surface area contributed by atoms with E-state index in [9.17, 15) is 0 Å². The van der Waals surface area contributed by atoms with Crippen molar-refractivity contribution >= 4 is 0 Å². The van der Waals surface area contributed by atoms with Crippen LogP contribution >= 0.6 is 0 Å². The number of nitrogens with zero attached hydrogens (tertiary/aromatic N) is 1. The van der Waals surface area contributed by atoms with Crippen LogP contribution in [0.15, 0.2) is 24.3 Å². The van der Waals surface area contributed by atoms with Crippen LogP contribution in [0.3, 0.4) is 0 Å². The van der Waals surface area contributed by atoms with Crippen molar-refractivity contribution in [2.24, 2.45) is 5.73 Å². The van der Waals surface area contributed by atoms with Gasteiger partial charge in [0.25, 0.3) is 0 Å². The normalized spacial score (nSPS) is 12.8. The Balaban J connectivity index is 2.46. The second kappa shape index (κ2) is 7.27. The minimum Gasteiger partial charge on any atom is -0.497 e. The largest absolute Gasteiger partial charge is 0.497 e. The molecule has 0 heterocycles. The van der Waals surface area contributed by atoms with Crippen molar-refractivity contribution < 1.29 is 9.84 Å². The van der Waals surface area contributed by atoms with Gasteiger partial charge in [0.15, 0.2) is 0 Å². The fourth-order valence-electron chi connectivity index (χ4n) is 1.80. The molecular weight excluding hydrogens is 216 g/mol. The third-order valence-electron chi connectivity index (χ3n) is 2.63. The molecule has 0 aromatic heterocycles. The van der Waals surface area contributed by atoms with Gasteiger partial charge in [-0.05, 0) is 31.2 Å². The Hall–Kier alpha value is -1.10. The van der Waals surface area contributed by atoms with Gasteiger partial charge in [-0.3, -0.25) is 0 Å². The zero-order valence-corrected chi connectivity index (χ0v) is 10.6. The van der Waals surface area contributed by atoms with E-state index in [-0.39, 0.29) is 12.6 Å². The molecule has 1 atom stereocenters. The van der Waals surface area contributed by atoms with Crippen LogP contribution in [0.4, 0.5) is 0 Å². The van der Waals surface area contributed by atoms with Crippen molar-refractivity contribution in [3.63, 3.8) is 0 Å². The second-order valence-electron chi connectivity index (χ2n) is 4.32. The fourth-order valence-corrected chi connectivity index (χ4v) is 1.80. The Morgan fingerprint density at radius 3 is 2.88 bits per heavy atom. The fraction of sp³-hybridized carbons (Fsp3) is 0.538. The highest BCUT2D eigenvalue weighted by Gasteiger charge is 2.07. The Morgan fingerprint density at radius 2 is 2.24 bits per heavy atom. The minimum atomic E-state index is 0.0237. The van der Waals surface area contributed by atoms with E-state index in [1.807, 2.05) is 25.2 Å². The zero-order chi connectivity index (χ0) is 12.7. The number of aliphatic hydroxyl groups is 1. The van der Waals surface area contributed by atoms with E-state index in [1.165, 1.54) is 5.56 Å². The molecule has 0 fully saturated rings. The Kier molecular flexibility index (Phi) is 5.97. The topological polar surface area (TPSA) is 58.7 Å². The quantitative estimate of drug-likeness (QED) is 0.739. The highest BCUT2D eigenvalue weighted by molar-refractivity contribution is 5.28. The van der Waals surface area contributed by atoms with Crippen molar-refractivity contribution in [2.75, 3.05) is 27.3 Å². The standard InChI is InChI=1S/C13H22N2O2/c1-15(10-12(14)6-7-16)9-11-4-3-5-13(8-11)17-2/h3-5,8,12,16H,6-7,9-10,14H2,1-2H3. The van der Waals surface area contributed by atoms with Gasteiger partial charge in [0.2, 0.25) is 0 Å². The lowest BCUT2D eigenvalue weighted by molar-refractivity contribution is 0.244. The summed E-state index contributed by atoms with van der Waals surface area (Å²) in [6, 6.07) is 8.03. The number of benzene rings is 1. The summed E-state index contributed by atoms with van der Waals surface area (Å²) in [5.41, 5.74) is 7.07. The maximum atomic E-state index is 8.79. The highest BCUT2D eigenvalue weighted by Crippen LogP contribution is 2.13. The minimum absolute atomic E-state index is 0.0237. The van der Waals surface area contributed by atoms with E-state index in [0.29, 0.717) is 6.42 Å². The number of hydrogen-bond donors (Lipinski definition) is 2. The van der Waals surface area contributed by atoms with Crippen LogP contribution < -0.4 is 10.5 Å². The molecule has 0 radical (unpaired) electrons. The van der Waals surface area contributed by atoms with E-state index in [2.05, 4.69) is 11.0 Å². The molecule has 0 saturated carbocycles. The first-order valence-electron chi connectivity index (χ1n) is 5.83. The van der Waals surface area contributed by atoms with Crippen molar-refractivity contribution in [1.82, 2.24) is 4.90 Å². The molecule has 1 rings (SSSR count). The van der Waals surface area contributed by atoms with Gasteiger partial charge < -0.3 is 20.5 Å². The third-order valence-corrected chi connectivity index (χ3v) is 2.63. The highest BCUT2D eigenvalue weighted by atomic mass is 16.5. The monoisotopic (exact) mass is 238 g/mol. The van der Waals surface area contributed by atoms with Crippen molar-refractivity contribution in [2.45, 2.75) is 19.0 Å². The van der Waals surface area contributed by atoms with E-state index in [4.69, 9.17) is 15.6 Å². The summed E-state index contributed by atoms with van der Waals surface area (Å²) >= 11 is 0. The molecule has 1 aromatic carbocycles. The van der Waals surface area contributed by atoms with Crippen LogP contribution in [-0.4, -0.2) is 43.4 Å². The molecule has 3 N–H and O–H groups in total. The molecule has 0 aliphatic rings. The molecule has 17 heavy (non-hydrogen) atoms. The summed E-state index contributed by atoms with van der Waals surface area (Å²) in [5, 5.41) is 8.79. The summed E-state index contributed by atoms with van der Waals surface area (Å²) in [5.74, 6) is 0.871. The molecule has 4 nitrogen and oxygen atoms in total. The summed E-state index contributed by atoms with van der Waals surface area (Å²) in [6.07, 6.45) is 0.641. The Bertz CT molecular complexity index is 331. The van der Waals surface area contributed by atoms with Gasteiger partial charge in [-0.15, -0.1) is 0 Å². The third kappa shape index (κ3) is 5.17. The van der Waals surface area contributed by atoms with Crippen LogP contribution in [0.5, 0.6) is 5.75 Å². The molecule has 0 aliphatic heterocycles. The maximum absolute atomic E-state index is 8.79. The number of methoxy groups -OCH3 is 1. The average molecular weight is 238 g/mol. The molecule has 0 aliphatic carbocycles. The Morgan fingerprint density at radius 1 is 1.47 bits per heavy atom. The van der Waals surface area contributed by atoms with Gasteiger partial charge in [0.05, 0.1) is 7.11 Å². The van der Waals surface area contributed by atoms with Gasteiger partial charge in [-0.1, -0.05) is 12.1 Å². The van der Waals surface area contributed by atoms with Crippen LogP contribution in [-0.2, 0) is 6.54 Å². The van der Waals surface area contributed by atoms with Crippen LogP contribution in [0.2, 0.25) is 0 Å². The molecule has 4 heteroatoms. The van der Waals surface area contributed by atoms with Crippen molar-refractivity contribution in [3.8, 4) is 5.75 Å². The van der Waals surface area contributed by atoms with Crippen molar-refractivity contribution in [3.05, 3.63) is 29.8 Å². The van der Waals surface area contributed by atoms with Crippen LogP contribution in [0.25, 0.3) is 0 Å². The predicted molar refractivity (Wildman–Crippen MR) is 69.0 cm³/mol. The molecule has 1 aromatic rings. The molecule has 0 saturated heterocycles. The van der Waals surface area contributed by atoms with Crippen molar-refractivity contribution in [1.29, 1.82) is 0 Å². The second-order valence-corrected chi connectivity index (χ2v) is 4.32. The number of nitrogens with two attached hydrogens (primary N) is 1. The number of ether oxygens (including phenoxy) is 1. The summed E-state index contributed by atoms with van der Waals surface area (Å²) in [7, 11) is 3.69. The predicted octanol–water partition coefficient (Wildman–Crippen LogP) is 0.837. The van der Waals surface area contributed by atoms with Gasteiger partial charge >= 0.3 is 0 Å². The summed E-state index contributed by atoms with van der Waals surface area (Å²) < 4.78 is 5.18. The van der Waals surface area contributed by atoms with E-state index in [0.717, 1.165) is 18.8 Å². The summed E-state index contributed by atoms with van der Waals surface area (Å²) in [6.45, 7) is 1.75. The first-order chi connectivity index (χ1) is 8.15. The SMILES string of the molecule is COc1cccc(CN(C)CC(N)CCO)c1. The first-order valence-corrected chi connectivity index (χ1v) is 5.83. The molecular formula is C13H22N2O2. The van der Waals surface area contributed by atoms with E-state index in [1.54, 1.807) is 7.11 Å². The van der Waals surface area contributed by atoms with Gasteiger partial charge in [-0.25, -0.2) is 0 Å². The lowest BCUT2D eigenvalue weighted by atomic mass is 10.1. The lowest BCUT2D eigenvalue weighted by Crippen LogP contribution is -2.35. The van der Waals surface area contributed by atoms with Crippen LogP contribution in [0, 0.1) is 0 Å². The molecule has 0 amide bonds. The summed E-state index contributed by atoms with van der Waals surface area (Å²) in [4.78, 5) is 2.15. The van der Waals surface area contributed by atoms with Gasteiger partial charge in [0.1, 0.15) is 5.75 Å². The zero-order valence-electron chi connectivity index (χ0n) is 10.6. The maximum Gasteiger partial charge on any atom is 0.119 e. The molecule has 1 unspecified atom stereocenters. The average Bonchev–Trinajstić information content (AvgIpc) is 2.29. The van der Waals surface area contributed by atoms with Gasteiger partial charge in [0, 0.05) is 25.7 Å². The molecule has 0 spiro atoms. The number of likely N-dealkylation sites (N-methyl/N-ethyl adjacent to an activating group) is 1. The molecule has 96 valence electrons. The first kappa shape index (κ1) is 14.0. The smallest absolute Gasteiger partial charge is 0.119 e. The number of hydrogen-bond acceptors (Lipinski definition) is 4. The Labute approximate surface area is 103 Å². The lowest BCUT2D eigenvalue weighted by Gasteiger charge is -2.21. The number of rotatable bonds is 7. The number of aliphatic hydroxyl groups excluding tert-OH is 1. The van der Waals surface area contributed by atoms with Gasteiger partial charge in [-0.2, -0.15) is 0 Å². The van der Waals surface area contributed by atoms with Crippen LogP contribution in [0.1, 0.15) is 12.0 Å². The molecule has 0 bridgehead atoms.